The maximum absolute atomic E-state index is 11.2. The van der Waals surface area contributed by atoms with Crippen LogP contribution in [0.25, 0.3) is 0 Å². The predicted octanol–water partition coefficient (Wildman–Crippen LogP) is 1.49. The first kappa shape index (κ1) is 18.9. The molecule has 0 saturated heterocycles. The summed E-state index contributed by atoms with van der Waals surface area (Å²) in [5.74, 6) is -0.617. The van der Waals surface area contributed by atoms with Gasteiger partial charge < -0.3 is 20.1 Å². The molecule has 0 aliphatic carbocycles. The van der Waals surface area contributed by atoms with E-state index in [-0.39, 0.29) is 11.5 Å². The van der Waals surface area contributed by atoms with Gasteiger partial charge in [0.2, 0.25) is 12.7 Å². The van der Waals surface area contributed by atoms with Crippen LogP contribution in [0.5, 0.6) is 0 Å². The van der Waals surface area contributed by atoms with Crippen molar-refractivity contribution in [3.05, 3.63) is 12.2 Å². The molecule has 2 N–H and O–H groups in total. The van der Waals surface area contributed by atoms with Gasteiger partial charge in [-0.15, -0.1) is 0 Å². The zero-order chi connectivity index (χ0) is 16.1. The minimum absolute atomic E-state index is 0.0215. The molecule has 0 aromatic carbocycles. The van der Waals surface area contributed by atoms with E-state index >= 15 is 0 Å². The van der Waals surface area contributed by atoms with E-state index in [4.69, 9.17) is 0 Å². The third-order valence-corrected chi connectivity index (χ3v) is 2.48. The van der Waals surface area contributed by atoms with Gasteiger partial charge in [0.25, 0.3) is 0 Å². The van der Waals surface area contributed by atoms with Crippen LogP contribution in [0.15, 0.2) is 12.2 Å². The number of ether oxygens (including phenoxy) is 2. The van der Waals surface area contributed by atoms with E-state index in [1.165, 1.54) is 13.8 Å². The van der Waals surface area contributed by atoms with Crippen molar-refractivity contribution in [1.29, 1.82) is 0 Å². The molecule has 0 fully saturated rings. The molecule has 21 heavy (non-hydrogen) atoms. The summed E-state index contributed by atoms with van der Waals surface area (Å²) >= 11 is 0. The van der Waals surface area contributed by atoms with Gasteiger partial charge in [0, 0.05) is 25.6 Å². The zero-order valence-electron chi connectivity index (χ0n) is 12.7. The number of nitrogens with one attached hydrogen (secondary N) is 2. The molecule has 0 heterocycles. The second-order valence-electron chi connectivity index (χ2n) is 4.59. The molecular weight excluding hydrogens is 276 g/mol. The molecule has 0 bridgehead atoms. The van der Waals surface area contributed by atoms with Crippen LogP contribution in [0.2, 0.25) is 0 Å². The number of alkyl carbamates (subject to hydrolysis) is 1. The van der Waals surface area contributed by atoms with Crippen LogP contribution in [-0.4, -0.2) is 37.9 Å². The fraction of sp³-hybridized carbons (Fsp3) is 0.643. The highest BCUT2D eigenvalue weighted by atomic mass is 16.7. The van der Waals surface area contributed by atoms with Crippen LogP contribution in [0.1, 0.15) is 39.5 Å². The van der Waals surface area contributed by atoms with Crippen LogP contribution >= 0.6 is 0 Å². The largest absolute Gasteiger partial charge is 0.424 e. The number of hydrogen-bond donors (Lipinski definition) is 2. The lowest BCUT2D eigenvalue weighted by Gasteiger charge is -2.07. The first-order valence-corrected chi connectivity index (χ1v) is 6.91. The van der Waals surface area contributed by atoms with Crippen molar-refractivity contribution in [2.45, 2.75) is 39.5 Å². The number of esters is 1. The normalized spacial score (nSPS) is 9.62. The third kappa shape index (κ3) is 12.7. The highest BCUT2D eigenvalue weighted by Gasteiger charge is 2.05. The summed E-state index contributed by atoms with van der Waals surface area (Å²) in [6.45, 7) is 7.15. The molecule has 2 amide bonds. The molecule has 0 aliphatic heterocycles. The van der Waals surface area contributed by atoms with Gasteiger partial charge in [0.05, 0.1) is 0 Å². The minimum atomic E-state index is -0.622. The van der Waals surface area contributed by atoms with E-state index in [0.29, 0.717) is 13.1 Å². The predicted molar refractivity (Wildman–Crippen MR) is 77.4 cm³/mol. The Labute approximate surface area is 125 Å². The molecule has 120 valence electrons. The maximum atomic E-state index is 11.2. The van der Waals surface area contributed by atoms with Gasteiger partial charge in [0.15, 0.2) is 0 Å². The fourth-order valence-corrected chi connectivity index (χ4v) is 1.37. The Morgan fingerprint density at radius 3 is 2.00 bits per heavy atom. The number of amides is 2. The van der Waals surface area contributed by atoms with Crippen molar-refractivity contribution >= 4 is 18.0 Å². The average Bonchev–Trinajstić information content (AvgIpc) is 2.41. The molecule has 0 rings (SSSR count). The molecule has 0 unspecified atom stereocenters. The Morgan fingerprint density at radius 1 is 0.905 bits per heavy atom. The van der Waals surface area contributed by atoms with E-state index in [9.17, 15) is 14.4 Å². The Kier molecular flexibility index (Phi) is 10.6. The molecule has 0 spiro atoms. The van der Waals surface area contributed by atoms with Crippen LogP contribution in [0, 0.1) is 0 Å². The number of carbonyl (C=O) groups is 3. The maximum Gasteiger partial charge on any atom is 0.410 e. The minimum Gasteiger partial charge on any atom is -0.424 e. The molecule has 0 atom stereocenters. The first-order valence-electron chi connectivity index (χ1n) is 6.91. The van der Waals surface area contributed by atoms with Crippen molar-refractivity contribution in [3.63, 3.8) is 0 Å². The molecular formula is C14H24N2O5. The van der Waals surface area contributed by atoms with Gasteiger partial charge in [-0.1, -0.05) is 19.4 Å². The van der Waals surface area contributed by atoms with Gasteiger partial charge in [-0.3, -0.25) is 4.79 Å². The SMILES string of the molecule is C=C(C)C(=O)OCOC(=O)NCCCCCCNC(C)=O. The van der Waals surface area contributed by atoms with Crippen molar-refractivity contribution < 1.29 is 23.9 Å². The van der Waals surface area contributed by atoms with Gasteiger partial charge in [-0.05, 0) is 19.8 Å². The van der Waals surface area contributed by atoms with Crippen molar-refractivity contribution in [2.24, 2.45) is 0 Å². The molecule has 0 aromatic rings. The van der Waals surface area contributed by atoms with Gasteiger partial charge in [-0.25, -0.2) is 9.59 Å². The van der Waals surface area contributed by atoms with Crippen LogP contribution in [-0.2, 0) is 19.1 Å². The summed E-state index contributed by atoms with van der Waals surface area (Å²) in [4.78, 5) is 32.8. The topological polar surface area (TPSA) is 93.7 Å². The fourth-order valence-electron chi connectivity index (χ4n) is 1.37. The van der Waals surface area contributed by atoms with E-state index in [2.05, 4.69) is 26.7 Å². The Bertz CT molecular complexity index is 368. The van der Waals surface area contributed by atoms with Crippen molar-refractivity contribution in [3.8, 4) is 0 Å². The monoisotopic (exact) mass is 300 g/mol. The standard InChI is InChI=1S/C14H24N2O5/c1-11(2)13(18)20-10-21-14(19)16-9-7-5-4-6-8-15-12(3)17/h1,4-10H2,2-3H3,(H,15,17)(H,16,19). The Morgan fingerprint density at radius 2 is 1.48 bits per heavy atom. The van der Waals surface area contributed by atoms with Crippen LogP contribution < -0.4 is 10.6 Å². The van der Waals surface area contributed by atoms with E-state index < -0.39 is 18.9 Å². The van der Waals surface area contributed by atoms with E-state index in [1.54, 1.807) is 0 Å². The highest BCUT2D eigenvalue weighted by molar-refractivity contribution is 5.86. The molecule has 7 nitrogen and oxygen atoms in total. The van der Waals surface area contributed by atoms with E-state index in [1.807, 2.05) is 0 Å². The number of rotatable bonds is 10. The lowest BCUT2D eigenvalue weighted by molar-refractivity contribution is -0.146. The first-order chi connectivity index (χ1) is 9.93. The highest BCUT2D eigenvalue weighted by Crippen LogP contribution is 1.98. The third-order valence-electron chi connectivity index (χ3n) is 2.48. The molecule has 0 radical (unpaired) electrons. The zero-order valence-corrected chi connectivity index (χ0v) is 12.7. The molecule has 7 heteroatoms. The Balaban J connectivity index is 3.36. The smallest absolute Gasteiger partial charge is 0.410 e. The summed E-state index contributed by atoms with van der Waals surface area (Å²) in [5, 5.41) is 5.27. The van der Waals surface area contributed by atoms with Gasteiger partial charge in [-0.2, -0.15) is 0 Å². The molecule has 0 saturated carbocycles. The summed E-state index contributed by atoms with van der Waals surface area (Å²) in [5.41, 5.74) is 0.248. The van der Waals surface area contributed by atoms with Crippen molar-refractivity contribution in [2.75, 3.05) is 19.9 Å². The number of carbonyl (C=O) groups excluding carboxylic acids is 3. The van der Waals surface area contributed by atoms with Crippen LogP contribution in [0.4, 0.5) is 4.79 Å². The molecule has 0 aliphatic rings. The summed E-state index contributed by atoms with van der Waals surface area (Å²) < 4.78 is 9.26. The number of hydrogen-bond acceptors (Lipinski definition) is 5. The van der Waals surface area contributed by atoms with Crippen molar-refractivity contribution in [1.82, 2.24) is 10.6 Å². The second-order valence-corrected chi connectivity index (χ2v) is 4.59. The quantitative estimate of drug-likeness (QED) is 0.276. The summed E-state index contributed by atoms with van der Waals surface area (Å²) in [6, 6.07) is 0. The number of unbranched alkanes of at least 4 members (excludes halogenated alkanes) is 3. The lowest BCUT2D eigenvalue weighted by Crippen LogP contribution is -2.26. The lowest BCUT2D eigenvalue weighted by atomic mass is 10.2. The second kappa shape index (κ2) is 11.7. The summed E-state index contributed by atoms with van der Waals surface area (Å²) in [6.07, 6.45) is 3.04. The van der Waals surface area contributed by atoms with Gasteiger partial charge in [0.1, 0.15) is 0 Å². The molecule has 0 aromatic heterocycles. The van der Waals surface area contributed by atoms with E-state index in [0.717, 1.165) is 25.7 Å². The summed E-state index contributed by atoms with van der Waals surface area (Å²) in [7, 11) is 0. The Hall–Kier alpha value is -2.05. The van der Waals surface area contributed by atoms with Gasteiger partial charge >= 0.3 is 12.1 Å². The van der Waals surface area contributed by atoms with Crippen LogP contribution in [0.3, 0.4) is 0 Å². The average molecular weight is 300 g/mol.